The highest BCUT2D eigenvalue weighted by Crippen LogP contribution is 2.31. The van der Waals surface area contributed by atoms with Gasteiger partial charge >= 0.3 is 0 Å². The third-order valence-corrected chi connectivity index (χ3v) is 8.18. The molecule has 0 unspecified atom stereocenters. The molecule has 2 heterocycles. The summed E-state index contributed by atoms with van der Waals surface area (Å²) >= 11 is 0. The van der Waals surface area contributed by atoms with Crippen molar-refractivity contribution in [3.63, 3.8) is 0 Å². The van der Waals surface area contributed by atoms with E-state index in [1.165, 1.54) is 0 Å². The van der Waals surface area contributed by atoms with Gasteiger partial charge in [-0.25, -0.2) is 0 Å². The molecule has 1 aliphatic rings. The number of carbonyl (C=O) groups excluding carboxylic acids is 3. The Morgan fingerprint density at radius 2 is 1.76 bits per heavy atom. The van der Waals surface area contributed by atoms with E-state index in [1.807, 2.05) is 38.2 Å². The molecule has 2 aromatic carbocycles. The number of nitrogens with zero attached hydrogens (tertiary/aromatic N) is 3. The zero-order valence-electron chi connectivity index (χ0n) is 26.9. The van der Waals surface area contributed by atoms with Crippen LogP contribution in [-0.4, -0.2) is 76.5 Å². The number of unbranched alkanes of at least 4 members (excludes halogenated alkanes) is 2. The fourth-order valence-corrected chi connectivity index (χ4v) is 5.48. The molecule has 0 saturated heterocycles. The lowest BCUT2D eigenvalue weighted by atomic mass is 9.99. The number of aliphatic hydroxyl groups is 1. The van der Waals surface area contributed by atoms with Crippen molar-refractivity contribution in [3.05, 3.63) is 78.1 Å². The maximum absolute atomic E-state index is 13.7. The molecule has 1 aromatic heterocycles. The molecule has 5 N–H and O–H groups in total. The Kier molecular flexibility index (Phi) is 12.5. The molecule has 46 heavy (non-hydrogen) atoms. The van der Waals surface area contributed by atoms with Crippen LogP contribution in [0.5, 0.6) is 5.75 Å². The Bertz CT molecular complexity index is 1470. The topological polar surface area (TPSA) is 150 Å². The van der Waals surface area contributed by atoms with E-state index in [-0.39, 0.29) is 48.8 Å². The van der Waals surface area contributed by atoms with Crippen LogP contribution < -0.4 is 21.1 Å². The van der Waals surface area contributed by atoms with Gasteiger partial charge in [-0.05, 0) is 74.8 Å². The number of ether oxygens (including phenoxy) is 1. The summed E-state index contributed by atoms with van der Waals surface area (Å²) in [6, 6.07) is 15.8. The Hall–Kier alpha value is -4.48. The third kappa shape index (κ3) is 9.76. The van der Waals surface area contributed by atoms with E-state index in [9.17, 15) is 19.5 Å². The van der Waals surface area contributed by atoms with Gasteiger partial charge in [0, 0.05) is 56.5 Å². The summed E-state index contributed by atoms with van der Waals surface area (Å²) in [5, 5.41) is 15.7. The predicted octanol–water partition coefficient (Wildman–Crippen LogP) is 4.54. The number of nitrogen functional groups attached to an aromatic ring is 1. The van der Waals surface area contributed by atoms with Crippen LogP contribution in [0.25, 0.3) is 0 Å². The number of rotatable bonds is 14. The highest BCUT2D eigenvalue weighted by molar-refractivity contribution is 6.00. The number of fused-ring (bicyclic) bond motifs is 1. The van der Waals surface area contributed by atoms with E-state index in [4.69, 9.17) is 10.5 Å². The van der Waals surface area contributed by atoms with Crippen LogP contribution in [0.3, 0.4) is 0 Å². The van der Waals surface area contributed by atoms with Crippen LogP contribution in [0.4, 0.5) is 17.1 Å². The Balaban J connectivity index is 1.35. The van der Waals surface area contributed by atoms with Crippen molar-refractivity contribution in [3.8, 4) is 5.75 Å². The zero-order valence-corrected chi connectivity index (χ0v) is 26.9. The summed E-state index contributed by atoms with van der Waals surface area (Å²) in [4.78, 5) is 46.7. The van der Waals surface area contributed by atoms with E-state index in [2.05, 4.69) is 27.4 Å². The number of anilines is 3. The fourth-order valence-electron chi connectivity index (χ4n) is 5.48. The summed E-state index contributed by atoms with van der Waals surface area (Å²) in [6.07, 6.45) is 5.92. The lowest BCUT2D eigenvalue weighted by Gasteiger charge is -2.38. The fraction of sp³-hybridized carbons (Fsp3) is 0.429. The predicted molar refractivity (Wildman–Crippen MR) is 179 cm³/mol. The van der Waals surface area contributed by atoms with Crippen molar-refractivity contribution in [1.82, 2.24) is 14.8 Å². The second-order valence-corrected chi connectivity index (χ2v) is 12.1. The van der Waals surface area contributed by atoms with E-state index in [1.54, 1.807) is 47.6 Å². The molecular weight excluding hydrogens is 584 g/mol. The summed E-state index contributed by atoms with van der Waals surface area (Å²) < 4.78 is 6.49. The normalized spacial score (nSPS) is 17.0. The van der Waals surface area contributed by atoms with Gasteiger partial charge < -0.3 is 31.1 Å². The third-order valence-electron chi connectivity index (χ3n) is 8.18. The minimum atomic E-state index is -0.388. The van der Waals surface area contributed by atoms with Crippen LogP contribution in [0, 0.1) is 5.92 Å². The lowest BCUT2D eigenvalue weighted by Crippen LogP contribution is -2.49. The molecule has 3 amide bonds. The maximum atomic E-state index is 13.7. The molecule has 1 aliphatic heterocycles. The summed E-state index contributed by atoms with van der Waals surface area (Å²) in [6.45, 7) is 5.47. The van der Waals surface area contributed by atoms with Crippen LogP contribution in [-0.2, 0) is 16.1 Å². The van der Waals surface area contributed by atoms with E-state index in [0.717, 1.165) is 12.1 Å². The number of nitrogens with one attached hydrogen (secondary N) is 2. The molecule has 0 aliphatic carbocycles. The molecule has 0 spiro atoms. The van der Waals surface area contributed by atoms with Crippen LogP contribution >= 0.6 is 0 Å². The number of hydrogen-bond acceptors (Lipinski definition) is 8. The van der Waals surface area contributed by atoms with Crippen LogP contribution in [0.1, 0.15) is 61.9 Å². The first-order valence-corrected chi connectivity index (χ1v) is 15.9. The Labute approximate surface area is 271 Å². The minimum Gasteiger partial charge on any atom is -0.488 e. The highest BCUT2D eigenvalue weighted by atomic mass is 16.5. The van der Waals surface area contributed by atoms with Gasteiger partial charge in [-0.15, -0.1) is 0 Å². The summed E-state index contributed by atoms with van der Waals surface area (Å²) in [5.74, 6) is -0.101. The summed E-state index contributed by atoms with van der Waals surface area (Å²) in [7, 11) is 2.03. The maximum Gasteiger partial charge on any atom is 0.258 e. The van der Waals surface area contributed by atoms with E-state index >= 15 is 0 Å². The number of pyridine rings is 1. The van der Waals surface area contributed by atoms with Gasteiger partial charge in [0.25, 0.3) is 5.91 Å². The molecule has 4 rings (SSSR count). The Morgan fingerprint density at radius 1 is 1.07 bits per heavy atom. The van der Waals surface area contributed by atoms with Crippen molar-refractivity contribution in [2.75, 3.05) is 43.1 Å². The first-order valence-electron chi connectivity index (χ1n) is 15.9. The molecule has 246 valence electrons. The first kappa shape index (κ1) is 34.4. The number of nitrogens with two attached hydrogens (primary N) is 1. The quantitative estimate of drug-likeness (QED) is 0.150. The SMILES string of the molecule is C[C@@H]1CN([C@H](C)CO)C(=O)c2cc(NC(=O)CCCCCC(=O)Nc3ccccc3N)ccc2O[C@H]1CN(C)Cc1ccncc1. The molecule has 3 aromatic rings. The van der Waals surface area contributed by atoms with Gasteiger partial charge in [-0.1, -0.05) is 25.5 Å². The molecule has 0 bridgehead atoms. The second kappa shape index (κ2) is 16.7. The molecular formula is C35H46N6O5. The highest BCUT2D eigenvalue weighted by Gasteiger charge is 2.33. The first-order chi connectivity index (χ1) is 22.1. The van der Waals surface area contributed by atoms with E-state index in [0.29, 0.717) is 67.1 Å². The monoisotopic (exact) mass is 630 g/mol. The lowest BCUT2D eigenvalue weighted by molar-refractivity contribution is -0.116. The van der Waals surface area contributed by atoms with Gasteiger partial charge in [0.1, 0.15) is 11.9 Å². The summed E-state index contributed by atoms with van der Waals surface area (Å²) in [5.41, 5.74) is 8.98. The molecule has 0 fully saturated rings. The number of aliphatic hydroxyl groups excluding tert-OH is 1. The number of para-hydroxylation sites is 2. The largest absolute Gasteiger partial charge is 0.488 e. The average Bonchev–Trinajstić information content (AvgIpc) is 3.04. The standard InChI is InChI=1S/C35H46N6O5/c1-24-20-41(25(2)23-42)35(45)28-19-27(13-14-31(28)46-32(24)22-40(3)21-26-15-17-37-18-16-26)38-33(43)11-5-4-6-12-34(44)39-30-10-8-7-9-29(30)36/h7-10,13-19,24-25,32,42H,4-6,11-12,20-23,36H2,1-3H3,(H,38,43)(H,39,44)/t24-,25-,32+/m1/s1. The zero-order chi connectivity index (χ0) is 33.1. The number of amides is 3. The van der Waals surface area contributed by atoms with Crippen molar-refractivity contribution in [2.24, 2.45) is 5.92 Å². The second-order valence-electron chi connectivity index (χ2n) is 12.1. The van der Waals surface area contributed by atoms with Gasteiger partial charge in [0.2, 0.25) is 11.8 Å². The number of hydrogen-bond donors (Lipinski definition) is 4. The number of carbonyl (C=O) groups is 3. The van der Waals surface area contributed by atoms with Gasteiger partial charge in [-0.3, -0.25) is 24.3 Å². The van der Waals surface area contributed by atoms with Crippen LogP contribution in [0.2, 0.25) is 0 Å². The average molecular weight is 631 g/mol. The van der Waals surface area contributed by atoms with Crippen molar-refractivity contribution >= 4 is 34.8 Å². The smallest absolute Gasteiger partial charge is 0.258 e. The Morgan fingerprint density at radius 3 is 2.46 bits per heavy atom. The van der Waals surface area contributed by atoms with Gasteiger partial charge in [-0.2, -0.15) is 0 Å². The van der Waals surface area contributed by atoms with E-state index < -0.39 is 0 Å². The van der Waals surface area contributed by atoms with Crippen molar-refractivity contribution < 1.29 is 24.2 Å². The molecule has 0 saturated carbocycles. The van der Waals surface area contributed by atoms with Crippen molar-refractivity contribution in [2.45, 2.75) is 64.6 Å². The number of likely N-dealkylation sites (N-methyl/N-ethyl adjacent to an activating group) is 1. The van der Waals surface area contributed by atoms with Crippen molar-refractivity contribution in [1.29, 1.82) is 0 Å². The van der Waals surface area contributed by atoms with Gasteiger partial charge in [0.15, 0.2) is 0 Å². The minimum absolute atomic E-state index is 0.00656. The number of benzene rings is 2. The molecule has 3 atom stereocenters. The number of aromatic nitrogens is 1. The van der Waals surface area contributed by atoms with Crippen LogP contribution in [0.15, 0.2) is 67.0 Å². The molecule has 11 heteroatoms. The molecule has 11 nitrogen and oxygen atoms in total. The molecule has 0 radical (unpaired) electrons. The van der Waals surface area contributed by atoms with Gasteiger partial charge in [0.05, 0.1) is 29.6 Å².